The molecule has 2 atom stereocenters. The van der Waals surface area contributed by atoms with Crippen molar-refractivity contribution in [1.82, 2.24) is 9.80 Å². The molecule has 1 aromatic rings. The molecule has 0 amide bonds. The van der Waals surface area contributed by atoms with Gasteiger partial charge >= 0.3 is 0 Å². The minimum absolute atomic E-state index is 0.347. The highest BCUT2D eigenvalue weighted by Gasteiger charge is 2.30. The van der Waals surface area contributed by atoms with Crippen molar-refractivity contribution in [2.45, 2.75) is 31.8 Å². The van der Waals surface area contributed by atoms with Gasteiger partial charge in [0.25, 0.3) is 0 Å². The summed E-state index contributed by atoms with van der Waals surface area (Å²) in [6.07, 6.45) is 2.58. The summed E-state index contributed by atoms with van der Waals surface area (Å²) in [5.41, 5.74) is 1.36. The van der Waals surface area contributed by atoms with E-state index in [9.17, 15) is 0 Å². The summed E-state index contributed by atoms with van der Waals surface area (Å²) in [6.45, 7) is 5.06. The molecule has 0 unspecified atom stereocenters. The largest absolute Gasteiger partial charge is 0.295 e. The van der Waals surface area contributed by atoms with Gasteiger partial charge in [-0.25, -0.2) is 0 Å². The van der Waals surface area contributed by atoms with Gasteiger partial charge in [-0.15, -0.1) is 0 Å². The molecule has 1 aliphatic rings. The van der Waals surface area contributed by atoms with E-state index >= 15 is 0 Å². The maximum absolute atomic E-state index is 8.90. The molecule has 1 saturated heterocycles. The van der Waals surface area contributed by atoms with Crippen LogP contribution in [0.15, 0.2) is 30.3 Å². The molecule has 0 saturated carbocycles. The topological polar surface area (TPSA) is 30.3 Å². The van der Waals surface area contributed by atoms with Crippen LogP contribution in [0.5, 0.6) is 0 Å². The summed E-state index contributed by atoms with van der Waals surface area (Å²) in [5, 5.41) is 8.90. The zero-order valence-corrected chi connectivity index (χ0v) is 11.9. The Hall–Kier alpha value is -1.37. The fourth-order valence-electron chi connectivity index (χ4n) is 2.96. The predicted octanol–water partition coefficient (Wildman–Crippen LogP) is 2.67. The fraction of sp³-hybridized carbons (Fsp3) is 0.562. The third-order valence-corrected chi connectivity index (χ3v) is 4.15. The van der Waals surface area contributed by atoms with E-state index in [1.165, 1.54) is 31.5 Å². The van der Waals surface area contributed by atoms with Crippen LogP contribution in [0, 0.1) is 11.3 Å². The molecule has 0 aliphatic carbocycles. The number of likely N-dealkylation sites (N-methyl/N-ethyl adjacent to an activating group) is 1. The second-order valence-electron chi connectivity index (χ2n) is 5.41. The fourth-order valence-corrected chi connectivity index (χ4v) is 2.96. The van der Waals surface area contributed by atoms with Gasteiger partial charge in [0.05, 0.1) is 18.7 Å². The van der Waals surface area contributed by atoms with Gasteiger partial charge in [0.1, 0.15) is 0 Å². The molecule has 3 nitrogen and oxygen atoms in total. The first-order valence-corrected chi connectivity index (χ1v) is 7.10. The minimum atomic E-state index is 0.347. The Balaban J connectivity index is 2.21. The third kappa shape index (κ3) is 3.34. The van der Waals surface area contributed by atoms with Crippen molar-refractivity contribution >= 4 is 0 Å². The van der Waals surface area contributed by atoms with E-state index in [1.807, 2.05) is 7.05 Å². The van der Waals surface area contributed by atoms with Gasteiger partial charge in [-0.1, -0.05) is 30.3 Å². The molecule has 1 heterocycles. The van der Waals surface area contributed by atoms with Crippen LogP contribution in [0.1, 0.15) is 31.4 Å². The Kier molecular flexibility index (Phi) is 4.95. The summed E-state index contributed by atoms with van der Waals surface area (Å²) >= 11 is 0. The second kappa shape index (κ2) is 6.70. The molecular formula is C16H23N3. The summed E-state index contributed by atoms with van der Waals surface area (Å²) in [7, 11) is 2.04. The quantitative estimate of drug-likeness (QED) is 0.760. The summed E-state index contributed by atoms with van der Waals surface area (Å²) in [4.78, 5) is 4.71. The predicted molar refractivity (Wildman–Crippen MR) is 77.7 cm³/mol. The number of likely N-dealkylation sites (tertiary alicyclic amines) is 1. The van der Waals surface area contributed by atoms with Crippen LogP contribution >= 0.6 is 0 Å². The summed E-state index contributed by atoms with van der Waals surface area (Å²) in [5.74, 6) is 0. The van der Waals surface area contributed by atoms with E-state index in [4.69, 9.17) is 5.26 Å². The average Bonchev–Trinajstić information content (AvgIpc) is 2.94. The lowest BCUT2D eigenvalue weighted by molar-refractivity contribution is 0.131. The van der Waals surface area contributed by atoms with E-state index in [-0.39, 0.29) is 0 Å². The second-order valence-corrected chi connectivity index (χ2v) is 5.41. The maximum Gasteiger partial charge on any atom is 0.0866 e. The van der Waals surface area contributed by atoms with Crippen molar-refractivity contribution in [2.24, 2.45) is 0 Å². The van der Waals surface area contributed by atoms with E-state index < -0.39 is 0 Å². The smallest absolute Gasteiger partial charge is 0.0866 e. The summed E-state index contributed by atoms with van der Waals surface area (Å²) in [6, 6.07) is 13.7. The lowest BCUT2D eigenvalue weighted by Gasteiger charge is -2.37. The molecule has 1 aliphatic heterocycles. The van der Waals surface area contributed by atoms with Crippen LogP contribution in [0.4, 0.5) is 0 Å². The molecule has 0 N–H and O–H groups in total. The highest BCUT2D eigenvalue weighted by Crippen LogP contribution is 2.30. The Morgan fingerprint density at radius 3 is 2.47 bits per heavy atom. The third-order valence-electron chi connectivity index (χ3n) is 4.15. The van der Waals surface area contributed by atoms with Crippen molar-refractivity contribution < 1.29 is 0 Å². The monoisotopic (exact) mass is 257 g/mol. The number of nitriles is 1. The van der Waals surface area contributed by atoms with Crippen LogP contribution in [-0.2, 0) is 0 Å². The first-order valence-electron chi connectivity index (χ1n) is 7.10. The van der Waals surface area contributed by atoms with Crippen LogP contribution in [0.3, 0.4) is 0 Å². The highest BCUT2D eigenvalue weighted by molar-refractivity contribution is 5.21. The van der Waals surface area contributed by atoms with Crippen LogP contribution in [-0.4, -0.2) is 42.5 Å². The average molecular weight is 257 g/mol. The van der Waals surface area contributed by atoms with Gasteiger partial charge in [-0.05, 0) is 45.5 Å². The number of hydrogen-bond acceptors (Lipinski definition) is 3. The van der Waals surface area contributed by atoms with Gasteiger partial charge in [0.15, 0.2) is 0 Å². The van der Waals surface area contributed by atoms with Gasteiger partial charge in [0.2, 0.25) is 0 Å². The number of hydrogen-bond donors (Lipinski definition) is 0. The number of nitrogens with zero attached hydrogens (tertiary/aromatic N) is 3. The van der Waals surface area contributed by atoms with Gasteiger partial charge in [-0.2, -0.15) is 5.26 Å². The molecule has 1 aromatic carbocycles. The van der Waals surface area contributed by atoms with Crippen LogP contribution < -0.4 is 0 Å². The SMILES string of the molecule is C[C@@H]([C@@H](c1ccccc1)N1CCCC1)N(C)CC#N. The first kappa shape index (κ1) is 14.0. The van der Waals surface area contributed by atoms with E-state index in [0.717, 1.165) is 0 Å². The Morgan fingerprint density at radius 1 is 1.26 bits per heavy atom. The normalized spacial score (nSPS) is 19.3. The molecule has 0 bridgehead atoms. The van der Waals surface area contributed by atoms with Crippen LogP contribution in [0.25, 0.3) is 0 Å². The molecule has 0 radical (unpaired) electrons. The highest BCUT2D eigenvalue weighted by atomic mass is 15.2. The standard InChI is InChI=1S/C16H23N3/c1-14(18(2)13-10-17)16(19-11-6-7-12-19)15-8-4-3-5-9-15/h3-5,8-9,14,16H,6-7,11-13H2,1-2H3/t14-,16-/m0/s1. The van der Waals surface area contributed by atoms with Crippen molar-refractivity contribution in [3.05, 3.63) is 35.9 Å². The molecule has 0 aromatic heterocycles. The Morgan fingerprint density at radius 2 is 1.89 bits per heavy atom. The van der Waals surface area contributed by atoms with E-state index in [2.05, 4.69) is 53.1 Å². The van der Waals surface area contributed by atoms with Gasteiger partial charge < -0.3 is 0 Å². The Bertz CT molecular complexity index is 417. The van der Waals surface area contributed by atoms with Gasteiger partial charge in [0, 0.05) is 6.04 Å². The Labute approximate surface area is 116 Å². The molecule has 2 rings (SSSR count). The first-order chi connectivity index (χ1) is 9.24. The van der Waals surface area contributed by atoms with Gasteiger partial charge in [-0.3, -0.25) is 9.80 Å². The minimum Gasteiger partial charge on any atom is -0.295 e. The molecule has 102 valence electrons. The van der Waals surface area contributed by atoms with Crippen molar-refractivity contribution in [2.75, 3.05) is 26.7 Å². The molecule has 0 spiro atoms. The van der Waals surface area contributed by atoms with E-state index in [1.54, 1.807) is 0 Å². The number of benzene rings is 1. The van der Waals surface area contributed by atoms with Crippen molar-refractivity contribution in [1.29, 1.82) is 5.26 Å². The van der Waals surface area contributed by atoms with Crippen LogP contribution in [0.2, 0.25) is 0 Å². The van der Waals surface area contributed by atoms with E-state index in [0.29, 0.717) is 18.6 Å². The molecule has 19 heavy (non-hydrogen) atoms. The molecule has 3 heteroatoms. The molecular weight excluding hydrogens is 234 g/mol. The zero-order valence-electron chi connectivity index (χ0n) is 11.9. The molecule has 1 fully saturated rings. The lowest BCUT2D eigenvalue weighted by atomic mass is 9.98. The summed E-state index contributed by atoms with van der Waals surface area (Å²) < 4.78 is 0. The van der Waals surface area contributed by atoms with Crippen molar-refractivity contribution in [3.8, 4) is 6.07 Å². The maximum atomic E-state index is 8.90. The zero-order chi connectivity index (χ0) is 13.7. The van der Waals surface area contributed by atoms with Crippen molar-refractivity contribution in [3.63, 3.8) is 0 Å². The lowest BCUT2D eigenvalue weighted by Crippen LogP contribution is -2.42. The number of rotatable bonds is 5.